The van der Waals surface area contributed by atoms with Crippen molar-refractivity contribution in [2.75, 3.05) is 18.4 Å². The number of carbonyl (C=O) groups is 1. The number of hydrogen-bond acceptors (Lipinski definition) is 5. The molecular formula is C30H28N6O. The molecule has 0 spiro atoms. The molecule has 37 heavy (non-hydrogen) atoms. The van der Waals surface area contributed by atoms with Crippen LogP contribution in [0.4, 0.5) is 5.82 Å². The van der Waals surface area contributed by atoms with E-state index >= 15 is 0 Å². The molecular weight excluding hydrogens is 460 g/mol. The van der Waals surface area contributed by atoms with Crippen LogP contribution in [0.2, 0.25) is 0 Å². The Hall–Kier alpha value is -4.52. The number of nitrogens with one attached hydrogen (secondary N) is 1. The Morgan fingerprint density at radius 1 is 0.865 bits per heavy atom. The zero-order valence-electron chi connectivity index (χ0n) is 20.5. The highest BCUT2D eigenvalue weighted by atomic mass is 16.2. The number of piperidine rings is 1. The van der Waals surface area contributed by atoms with Gasteiger partial charge < -0.3 is 10.2 Å². The van der Waals surface area contributed by atoms with Gasteiger partial charge in [-0.3, -0.25) is 9.78 Å². The van der Waals surface area contributed by atoms with E-state index in [4.69, 9.17) is 10.1 Å². The predicted octanol–water partition coefficient (Wildman–Crippen LogP) is 5.70. The van der Waals surface area contributed by atoms with Crippen molar-refractivity contribution in [2.45, 2.75) is 25.8 Å². The largest absolute Gasteiger partial charge is 0.364 e. The van der Waals surface area contributed by atoms with Gasteiger partial charge in [0, 0.05) is 49.4 Å². The molecule has 4 heterocycles. The van der Waals surface area contributed by atoms with Crippen molar-refractivity contribution in [2.24, 2.45) is 0 Å². The first-order valence-electron chi connectivity index (χ1n) is 12.7. The summed E-state index contributed by atoms with van der Waals surface area (Å²) in [4.78, 5) is 24.4. The molecule has 6 rings (SSSR count). The number of likely N-dealkylation sites (tertiary alicyclic amines) is 1. The molecule has 5 aromatic rings. The molecule has 1 amide bonds. The molecule has 1 fully saturated rings. The Bertz CT molecular complexity index is 1520. The summed E-state index contributed by atoms with van der Waals surface area (Å²) in [6.07, 6.45) is 8.58. The molecule has 3 aromatic heterocycles. The van der Waals surface area contributed by atoms with Crippen molar-refractivity contribution in [3.8, 4) is 22.5 Å². The van der Waals surface area contributed by atoms with E-state index in [1.165, 1.54) is 6.42 Å². The molecule has 1 aliphatic rings. The second-order valence-corrected chi connectivity index (χ2v) is 9.33. The third-order valence-electron chi connectivity index (χ3n) is 6.79. The zero-order chi connectivity index (χ0) is 25.0. The molecule has 7 heteroatoms. The zero-order valence-corrected chi connectivity index (χ0v) is 20.5. The highest BCUT2D eigenvalue weighted by molar-refractivity contribution is 5.95. The average molecular weight is 489 g/mol. The fraction of sp³-hybridized carbons (Fsp3) is 0.200. The lowest BCUT2D eigenvalue weighted by molar-refractivity contribution is 0.0724. The van der Waals surface area contributed by atoms with Crippen LogP contribution in [0.3, 0.4) is 0 Å². The second kappa shape index (κ2) is 10.2. The minimum atomic E-state index is 0.0184. The Morgan fingerprint density at radius 2 is 1.62 bits per heavy atom. The molecule has 0 atom stereocenters. The number of pyridine rings is 1. The molecule has 184 valence electrons. The van der Waals surface area contributed by atoms with Gasteiger partial charge in [0.15, 0.2) is 11.6 Å². The molecule has 1 aliphatic heterocycles. The van der Waals surface area contributed by atoms with E-state index in [-0.39, 0.29) is 5.91 Å². The number of anilines is 1. The molecule has 0 aliphatic carbocycles. The first-order chi connectivity index (χ1) is 18.3. The van der Waals surface area contributed by atoms with Crippen molar-refractivity contribution in [1.82, 2.24) is 24.5 Å². The lowest BCUT2D eigenvalue weighted by Crippen LogP contribution is -2.35. The van der Waals surface area contributed by atoms with Gasteiger partial charge in [0.1, 0.15) is 5.52 Å². The monoisotopic (exact) mass is 488 g/mol. The molecule has 1 N–H and O–H groups in total. The fourth-order valence-corrected chi connectivity index (χ4v) is 4.86. The normalized spacial score (nSPS) is 13.6. The number of carbonyl (C=O) groups excluding carboxylic acids is 1. The van der Waals surface area contributed by atoms with Crippen molar-refractivity contribution in [3.05, 3.63) is 103 Å². The molecule has 0 radical (unpaired) electrons. The van der Waals surface area contributed by atoms with E-state index in [0.29, 0.717) is 23.5 Å². The first-order valence-corrected chi connectivity index (χ1v) is 12.7. The summed E-state index contributed by atoms with van der Waals surface area (Å²) < 4.78 is 1.86. The van der Waals surface area contributed by atoms with Crippen LogP contribution < -0.4 is 5.32 Å². The van der Waals surface area contributed by atoms with Crippen LogP contribution >= 0.6 is 0 Å². The van der Waals surface area contributed by atoms with Gasteiger partial charge in [-0.1, -0.05) is 60.7 Å². The minimum Gasteiger partial charge on any atom is -0.364 e. The van der Waals surface area contributed by atoms with Crippen LogP contribution in [0.25, 0.3) is 28.0 Å². The van der Waals surface area contributed by atoms with Crippen molar-refractivity contribution < 1.29 is 4.79 Å². The molecule has 0 unspecified atom stereocenters. The van der Waals surface area contributed by atoms with Crippen LogP contribution in [0, 0.1) is 0 Å². The van der Waals surface area contributed by atoms with Crippen LogP contribution in [0.15, 0.2) is 91.4 Å². The number of nitrogens with zero attached hydrogens (tertiary/aromatic N) is 5. The van der Waals surface area contributed by atoms with Gasteiger partial charge in [0.2, 0.25) is 0 Å². The van der Waals surface area contributed by atoms with E-state index in [9.17, 15) is 4.79 Å². The summed E-state index contributed by atoms with van der Waals surface area (Å²) in [5.41, 5.74) is 5.49. The van der Waals surface area contributed by atoms with E-state index in [1.807, 2.05) is 58.1 Å². The predicted molar refractivity (Wildman–Crippen MR) is 145 cm³/mol. The summed E-state index contributed by atoms with van der Waals surface area (Å²) in [7, 11) is 0. The summed E-state index contributed by atoms with van der Waals surface area (Å²) in [5, 5.41) is 8.35. The summed E-state index contributed by atoms with van der Waals surface area (Å²) in [6.45, 7) is 2.22. The van der Waals surface area contributed by atoms with Crippen LogP contribution in [0.5, 0.6) is 0 Å². The Kier molecular flexibility index (Phi) is 6.33. The van der Waals surface area contributed by atoms with Gasteiger partial charge in [-0.25, -0.2) is 9.50 Å². The van der Waals surface area contributed by atoms with Gasteiger partial charge in [0.05, 0.1) is 5.56 Å². The lowest BCUT2D eigenvalue weighted by Gasteiger charge is -2.26. The Morgan fingerprint density at radius 3 is 2.41 bits per heavy atom. The maximum atomic E-state index is 13.1. The number of amides is 1. The highest BCUT2D eigenvalue weighted by Crippen LogP contribution is 2.31. The SMILES string of the molecule is O=C(c1cncc(-c2nc(NCc3ccccc3)c3c(-c4ccccc4)ccn3n2)c1)N1CCCCC1. The van der Waals surface area contributed by atoms with E-state index < -0.39 is 0 Å². The quantitative estimate of drug-likeness (QED) is 0.332. The van der Waals surface area contributed by atoms with Crippen LogP contribution in [0.1, 0.15) is 35.2 Å². The number of hydrogen-bond donors (Lipinski definition) is 1. The molecule has 0 saturated carbocycles. The first kappa shape index (κ1) is 22.9. The maximum absolute atomic E-state index is 13.1. The van der Waals surface area contributed by atoms with Gasteiger partial charge in [-0.2, -0.15) is 0 Å². The standard InChI is InChI=1S/C30H28N6O/c37-30(35-15-8-3-9-16-35)25-18-24(20-31-21-25)28-33-29(32-19-22-10-4-1-5-11-22)27-26(14-17-36(27)34-28)23-12-6-2-7-13-23/h1-2,4-7,10-14,17-18,20-21H,3,8-9,15-16,19H2,(H,32,33,34). The third kappa shape index (κ3) is 4.80. The smallest absolute Gasteiger partial charge is 0.255 e. The van der Waals surface area contributed by atoms with Gasteiger partial charge in [-0.15, -0.1) is 5.10 Å². The lowest BCUT2D eigenvalue weighted by atomic mass is 10.1. The van der Waals surface area contributed by atoms with Crippen molar-refractivity contribution in [3.63, 3.8) is 0 Å². The number of aromatic nitrogens is 4. The fourth-order valence-electron chi connectivity index (χ4n) is 4.86. The summed E-state index contributed by atoms with van der Waals surface area (Å²) in [5.74, 6) is 1.26. The van der Waals surface area contributed by atoms with Crippen molar-refractivity contribution >= 4 is 17.2 Å². The summed E-state index contributed by atoms with van der Waals surface area (Å²) in [6, 6.07) is 24.4. The Labute approximate surface area is 215 Å². The van der Waals surface area contributed by atoms with E-state index in [1.54, 1.807) is 12.4 Å². The van der Waals surface area contributed by atoms with Crippen molar-refractivity contribution in [1.29, 1.82) is 0 Å². The van der Waals surface area contributed by atoms with Gasteiger partial charge >= 0.3 is 0 Å². The van der Waals surface area contributed by atoms with Gasteiger partial charge in [-0.05, 0) is 42.5 Å². The second-order valence-electron chi connectivity index (χ2n) is 9.33. The maximum Gasteiger partial charge on any atom is 0.255 e. The van der Waals surface area contributed by atoms with Crippen LogP contribution in [-0.4, -0.2) is 43.5 Å². The van der Waals surface area contributed by atoms with Gasteiger partial charge in [0.25, 0.3) is 5.91 Å². The van der Waals surface area contributed by atoms with Crippen LogP contribution in [-0.2, 0) is 6.54 Å². The van der Waals surface area contributed by atoms with E-state index in [0.717, 1.165) is 54.0 Å². The third-order valence-corrected chi connectivity index (χ3v) is 6.79. The summed E-state index contributed by atoms with van der Waals surface area (Å²) >= 11 is 0. The molecule has 7 nitrogen and oxygen atoms in total. The molecule has 1 saturated heterocycles. The number of fused-ring (bicyclic) bond motifs is 1. The average Bonchev–Trinajstić information content (AvgIpc) is 3.41. The Balaban J connectivity index is 1.40. The minimum absolute atomic E-state index is 0.0184. The number of benzene rings is 2. The number of rotatable bonds is 6. The highest BCUT2D eigenvalue weighted by Gasteiger charge is 2.20. The van der Waals surface area contributed by atoms with E-state index in [2.05, 4.69) is 40.6 Å². The topological polar surface area (TPSA) is 75.4 Å². The molecule has 0 bridgehead atoms. The molecule has 2 aromatic carbocycles.